The van der Waals surface area contributed by atoms with Crippen molar-refractivity contribution in [3.63, 3.8) is 0 Å². The number of nitrogens with one attached hydrogen (secondary N) is 2. The van der Waals surface area contributed by atoms with E-state index in [4.69, 9.17) is 20.8 Å². The van der Waals surface area contributed by atoms with E-state index >= 15 is 0 Å². The third-order valence-electron chi connectivity index (χ3n) is 3.64. The van der Waals surface area contributed by atoms with E-state index in [0.29, 0.717) is 15.6 Å². The van der Waals surface area contributed by atoms with Crippen LogP contribution in [0.4, 0.5) is 0 Å². The number of carbonyl (C=O) groups excluding carboxylic acids is 2. The Morgan fingerprint density at radius 2 is 1.74 bits per heavy atom. The van der Waals surface area contributed by atoms with E-state index in [1.165, 1.54) is 19.2 Å². The summed E-state index contributed by atoms with van der Waals surface area (Å²) in [7, 11) is 1.44. The van der Waals surface area contributed by atoms with E-state index in [1.807, 2.05) is 0 Å². The van der Waals surface area contributed by atoms with Gasteiger partial charge in [0.05, 0.1) is 17.7 Å². The number of halogens is 2. The third kappa shape index (κ3) is 3.96. The summed E-state index contributed by atoms with van der Waals surface area (Å²) in [5, 5.41) is 0.704. The van der Waals surface area contributed by atoms with Gasteiger partial charge in [0.25, 0.3) is 11.8 Å². The number of benzene rings is 2. The number of amides is 2. The van der Waals surface area contributed by atoms with Crippen molar-refractivity contribution in [2.24, 2.45) is 0 Å². The van der Waals surface area contributed by atoms with Crippen molar-refractivity contribution in [2.75, 3.05) is 7.11 Å². The molecule has 0 unspecified atom stereocenters. The van der Waals surface area contributed by atoms with Gasteiger partial charge in [-0.05, 0) is 30.3 Å². The number of hydrazine groups is 1. The number of methoxy groups -OCH3 is 1. The summed E-state index contributed by atoms with van der Waals surface area (Å²) in [5.41, 5.74) is 3.63. The van der Waals surface area contributed by atoms with Gasteiger partial charge in [-0.2, -0.15) is 0 Å². The third-order valence-corrected chi connectivity index (χ3v) is 4.42. The van der Waals surface area contributed by atoms with Crippen molar-refractivity contribution in [1.82, 2.24) is 10.9 Å². The van der Waals surface area contributed by atoms with Gasteiger partial charge in [0.1, 0.15) is 5.56 Å². The summed E-state index contributed by atoms with van der Waals surface area (Å²) in [6.45, 7) is 0. The van der Waals surface area contributed by atoms with E-state index in [2.05, 4.69) is 26.8 Å². The maximum absolute atomic E-state index is 12.3. The smallest absolute Gasteiger partial charge is 0.349 e. The van der Waals surface area contributed by atoms with E-state index in [1.54, 1.807) is 30.3 Å². The van der Waals surface area contributed by atoms with Gasteiger partial charge in [0.15, 0.2) is 11.3 Å². The molecular weight excluding hydrogens is 440 g/mol. The Kier molecular flexibility index (Phi) is 5.48. The van der Waals surface area contributed by atoms with Crippen LogP contribution >= 0.6 is 27.5 Å². The fourth-order valence-corrected chi connectivity index (χ4v) is 3.05. The van der Waals surface area contributed by atoms with Crippen molar-refractivity contribution in [3.05, 3.63) is 73.5 Å². The van der Waals surface area contributed by atoms with Crippen molar-refractivity contribution < 1.29 is 18.7 Å². The molecule has 3 aromatic rings. The molecule has 0 aliphatic carbocycles. The molecule has 0 radical (unpaired) electrons. The summed E-state index contributed by atoms with van der Waals surface area (Å²) in [6, 6.07) is 11.0. The maximum atomic E-state index is 12.3. The van der Waals surface area contributed by atoms with Crippen LogP contribution in [0.2, 0.25) is 5.02 Å². The highest BCUT2D eigenvalue weighted by Crippen LogP contribution is 2.29. The van der Waals surface area contributed by atoms with Crippen LogP contribution in [0.25, 0.3) is 11.0 Å². The van der Waals surface area contributed by atoms with Crippen molar-refractivity contribution in [2.45, 2.75) is 0 Å². The van der Waals surface area contributed by atoms with Gasteiger partial charge in [-0.1, -0.05) is 39.7 Å². The number of hydrogen-bond acceptors (Lipinski definition) is 5. The normalized spacial score (nSPS) is 10.5. The fourth-order valence-electron chi connectivity index (χ4n) is 2.37. The van der Waals surface area contributed by atoms with Gasteiger partial charge in [0, 0.05) is 9.86 Å². The molecule has 0 saturated heterocycles. The molecule has 0 fully saturated rings. The summed E-state index contributed by atoms with van der Waals surface area (Å²) >= 11 is 9.25. The molecule has 2 aromatic carbocycles. The van der Waals surface area contributed by atoms with Gasteiger partial charge in [-0.25, -0.2) is 4.79 Å². The van der Waals surface area contributed by atoms with Crippen LogP contribution in [0.15, 0.2) is 56.1 Å². The van der Waals surface area contributed by atoms with Crippen molar-refractivity contribution >= 4 is 50.3 Å². The highest BCUT2D eigenvalue weighted by Gasteiger charge is 2.17. The van der Waals surface area contributed by atoms with Crippen LogP contribution in [-0.4, -0.2) is 18.9 Å². The lowest BCUT2D eigenvalue weighted by molar-refractivity contribution is 0.0844. The highest BCUT2D eigenvalue weighted by molar-refractivity contribution is 9.10. The molecule has 0 aliphatic heterocycles. The van der Waals surface area contributed by atoms with Gasteiger partial charge in [-0.15, -0.1) is 0 Å². The molecule has 0 bridgehead atoms. The predicted molar refractivity (Wildman–Crippen MR) is 103 cm³/mol. The maximum Gasteiger partial charge on any atom is 0.349 e. The average Bonchev–Trinajstić information content (AvgIpc) is 2.65. The van der Waals surface area contributed by atoms with Crippen LogP contribution in [-0.2, 0) is 0 Å². The van der Waals surface area contributed by atoms with Crippen molar-refractivity contribution in [3.8, 4) is 5.75 Å². The first-order valence-electron chi connectivity index (χ1n) is 7.57. The zero-order valence-electron chi connectivity index (χ0n) is 13.8. The Balaban J connectivity index is 1.86. The molecule has 1 heterocycles. The molecule has 27 heavy (non-hydrogen) atoms. The lowest BCUT2D eigenvalue weighted by atomic mass is 10.1. The van der Waals surface area contributed by atoms with Gasteiger partial charge in [-0.3, -0.25) is 20.4 Å². The first-order chi connectivity index (χ1) is 12.9. The first-order valence-corrected chi connectivity index (χ1v) is 8.74. The lowest BCUT2D eigenvalue weighted by Gasteiger charge is -2.09. The second-order valence-corrected chi connectivity index (χ2v) is 6.68. The molecule has 0 aliphatic rings. The molecule has 7 nitrogen and oxygen atoms in total. The molecule has 0 atom stereocenters. The highest BCUT2D eigenvalue weighted by atomic mass is 79.9. The number of hydrogen-bond donors (Lipinski definition) is 2. The molecule has 3 rings (SSSR count). The zero-order chi connectivity index (χ0) is 19.6. The molecule has 2 N–H and O–H groups in total. The minimum absolute atomic E-state index is 0.179. The number of rotatable bonds is 3. The quantitative estimate of drug-likeness (QED) is 0.470. The molecule has 138 valence electrons. The van der Waals surface area contributed by atoms with Gasteiger partial charge >= 0.3 is 5.63 Å². The van der Waals surface area contributed by atoms with E-state index in [0.717, 1.165) is 0 Å². The number of carbonyl (C=O) groups is 2. The van der Waals surface area contributed by atoms with Crippen LogP contribution in [0, 0.1) is 0 Å². The molecule has 2 amide bonds. The Bertz CT molecular complexity index is 1110. The second kappa shape index (κ2) is 7.81. The summed E-state index contributed by atoms with van der Waals surface area (Å²) in [5.74, 6) is -1.11. The number of fused-ring (bicyclic) bond motifs is 1. The summed E-state index contributed by atoms with van der Waals surface area (Å²) in [6.07, 6.45) is 0. The predicted octanol–water partition coefficient (Wildman–Crippen LogP) is 3.29. The summed E-state index contributed by atoms with van der Waals surface area (Å²) in [4.78, 5) is 36.6. The standard InChI is InChI=1S/C18H12BrClN2O5/c1-26-14-8-10(19)6-9-7-12(18(25)27-15(9)14)17(24)22-21-16(23)11-4-2-3-5-13(11)20/h2-8H,1H3,(H,21,23)(H,22,24). The molecule has 0 saturated carbocycles. The average molecular weight is 452 g/mol. The number of ether oxygens (including phenoxy) is 1. The molecule has 0 spiro atoms. The Morgan fingerprint density at radius 3 is 2.41 bits per heavy atom. The molecular formula is C18H12BrClN2O5. The molecule has 9 heteroatoms. The lowest BCUT2D eigenvalue weighted by Crippen LogP contribution is -2.43. The van der Waals surface area contributed by atoms with Crippen molar-refractivity contribution in [1.29, 1.82) is 0 Å². The van der Waals surface area contributed by atoms with Crippen LogP contribution < -0.4 is 21.2 Å². The first kappa shape index (κ1) is 18.9. The second-order valence-electron chi connectivity index (χ2n) is 5.36. The Labute approximate surface area is 166 Å². The van der Waals surface area contributed by atoms with Crippen LogP contribution in [0.5, 0.6) is 5.75 Å². The monoisotopic (exact) mass is 450 g/mol. The van der Waals surface area contributed by atoms with Gasteiger partial charge < -0.3 is 9.15 Å². The summed E-state index contributed by atoms with van der Waals surface area (Å²) < 4.78 is 11.1. The van der Waals surface area contributed by atoms with Crippen LogP contribution in [0.3, 0.4) is 0 Å². The largest absolute Gasteiger partial charge is 0.493 e. The van der Waals surface area contributed by atoms with Gasteiger partial charge in [0.2, 0.25) is 0 Å². The van der Waals surface area contributed by atoms with E-state index < -0.39 is 17.4 Å². The van der Waals surface area contributed by atoms with E-state index in [-0.39, 0.29) is 21.7 Å². The zero-order valence-corrected chi connectivity index (χ0v) is 16.2. The topological polar surface area (TPSA) is 97.6 Å². The fraction of sp³-hybridized carbons (Fsp3) is 0.0556. The Hall–Kier alpha value is -2.84. The van der Waals surface area contributed by atoms with Crippen LogP contribution in [0.1, 0.15) is 20.7 Å². The minimum Gasteiger partial charge on any atom is -0.493 e. The molecule has 1 aromatic heterocycles. The van der Waals surface area contributed by atoms with E-state index in [9.17, 15) is 14.4 Å². The Morgan fingerprint density at radius 1 is 1.07 bits per heavy atom. The SMILES string of the molecule is COc1cc(Br)cc2cc(C(=O)NNC(=O)c3ccccc3Cl)c(=O)oc12. The minimum atomic E-state index is -0.868.